The summed E-state index contributed by atoms with van der Waals surface area (Å²) >= 11 is 0. The highest BCUT2D eigenvalue weighted by Crippen LogP contribution is 2.12. The van der Waals surface area contributed by atoms with Gasteiger partial charge in [-0.25, -0.2) is 18.7 Å². The van der Waals surface area contributed by atoms with Crippen LogP contribution >= 0.6 is 0 Å². The summed E-state index contributed by atoms with van der Waals surface area (Å²) in [6.45, 7) is 0.112. The molecule has 0 aliphatic carbocycles. The molecule has 2 aromatic rings. The lowest BCUT2D eigenvalue weighted by atomic mass is 10.2. The molecule has 2 rings (SSSR count). The summed E-state index contributed by atoms with van der Waals surface area (Å²) in [7, 11) is 3.03. The van der Waals surface area contributed by atoms with E-state index >= 15 is 0 Å². The Morgan fingerprint density at radius 1 is 1.24 bits per heavy atom. The van der Waals surface area contributed by atoms with E-state index in [9.17, 15) is 9.59 Å². The van der Waals surface area contributed by atoms with Crippen molar-refractivity contribution in [1.82, 2.24) is 4.57 Å². The summed E-state index contributed by atoms with van der Waals surface area (Å²) in [5.74, 6) is -1.31. The monoisotopic (exact) mass is 289 g/mol. The number of nitrogens with zero attached hydrogens (tertiary/aromatic N) is 2. The van der Waals surface area contributed by atoms with Gasteiger partial charge in [0.1, 0.15) is 19.0 Å². The van der Waals surface area contributed by atoms with Crippen molar-refractivity contribution in [2.75, 3.05) is 7.11 Å². The van der Waals surface area contributed by atoms with E-state index < -0.39 is 18.0 Å². The Kier molecular flexibility index (Phi) is 4.71. The molecule has 0 saturated carbocycles. The molecule has 6 nitrogen and oxygen atoms in total. The Morgan fingerprint density at radius 3 is 2.52 bits per heavy atom. The van der Waals surface area contributed by atoms with E-state index in [1.807, 2.05) is 30.3 Å². The highest BCUT2D eigenvalue weighted by atomic mass is 16.6. The first-order valence-corrected chi connectivity index (χ1v) is 6.43. The van der Waals surface area contributed by atoms with Gasteiger partial charge in [0.15, 0.2) is 0 Å². The number of aryl methyl sites for hydroxylation is 1. The topological polar surface area (TPSA) is 61.4 Å². The first-order valence-electron chi connectivity index (χ1n) is 6.43. The number of carbonyl (C=O) groups is 2. The van der Waals surface area contributed by atoms with E-state index in [4.69, 9.17) is 4.74 Å². The number of rotatable bonds is 5. The number of hydrogen-bond donors (Lipinski definition) is 0. The molecule has 6 heteroatoms. The number of benzene rings is 1. The molecule has 0 spiro atoms. The number of aromatic nitrogens is 2. The Hall–Kier alpha value is -2.63. The fourth-order valence-corrected chi connectivity index (χ4v) is 1.88. The van der Waals surface area contributed by atoms with Crippen LogP contribution in [0.4, 0.5) is 0 Å². The van der Waals surface area contributed by atoms with Gasteiger partial charge in [-0.05, 0) is 5.56 Å². The van der Waals surface area contributed by atoms with E-state index in [1.54, 1.807) is 30.3 Å². The molecular weight excluding hydrogens is 272 g/mol. The van der Waals surface area contributed by atoms with Gasteiger partial charge in [-0.15, -0.1) is 0 Å². The highest BCUT2D eigenvalue weighted by Gasteiger charge is 2.35. The van der Waals surface area contributed by atoms with Crippen molar-refractivity contribution in [3.05, 3.63) is 54.6 Å². The summed E-state index contributed by atoms with van der Waals surface area (Å²) in [5.41, 5.74) is 0.854. The summed E-state index contributed by atoms with van der Waals surface area (Å²) in [5, 5.41) is 0. The van der Waals surface area contributed by atoms with E-state index in [0.717, 1.165) is 5.56 Å². The van der Waals surface area contributed by atoms with Crippen LogP contribution in [0.3, 0.4) is 0 Å². The van der Waals surface area contributed by atoms with Gasteiger partial charge in [0.25, 0.3) is 6.04 Å². The molecule has 0 aliphatic rings. The SMILES string of the molecule is COC(=O)[C@@H](C(=O)OCc1ccccc1)n1cc[n+](C)c1. The molecule has 1 aromatic carbocycles. The number of carbonyl (C=O) groups excluding carboxylic acids is 2. The van der Waals surface area contributed by atoms with Crippen molar-refractivity contribution in [3.8, 4) is 0 Å². The van der Waals surface area contributed by atoms with Gasteiger partial charge in [0.2, 0.25) is 6.33 Å². The standard InChI is InChI=1S/C15H17N2O4/c1-16-8-9-17(11-16)13(14(18)20-2)15(19)21-10-12-6-4-3-5-7-12/h3-9,11,13H,10H2,1-2H3/q+1/t13-/m0/s1. The van der Waals surface area contributed by atoms with Crippen LogP contribution in [0, 0.1) is 0 Å². The van der Waals surface area contributed by atoms with Crippen LogP contribution in [0.2, 0.25) is 0 Å². The van der Waals surface area contributed by atoms with Gasteiger partial charge < -0.3 is 9.47 Å². The maximum Gasteiger partial charge on any atom is 0.364 e. The van der Waals surface area contributed by atoms with Crippen molar-refractivity contribution < 1.29 is 23.6 Å². The predicted octanol–water partition coefficient (Wildman–Crippen LogP) is 0.770. The molecule has 0 bridgehead atoms. The van der Waals surface area contributed by atoms with Gasteiger partial charge in [0.05, 0.1) is 14.2 Å². The minimum atomic E-state index is -1.14. The molecular formula is C15H17N2O4+. The van der Waals surface area contributed by atoms with Crippen LogP contribution in [-0.4, -0.2) is 23.6 Å². The molecule has 0 aliphatic heterocycles. The number of ether oxygens (including phenoxy) is 2. The fourth-order valence-electron chi connectivity index (χ4n) is 1.88. The third kappa shape index (κ3) is 3.68. The third-order valence-corrected chi connectivity index (χ3v) is 2.96. The Balaban J connectivity index is 2.10. The molecule has 1 heterocycles. The van der Waals surface area contributed by atoms with E-state index in [1.165, 1.54) is 11.7 Å². The minimum absolute atomic E-state index is 0.112. The van der Waals surface area contributed by atoms with Gasteiger partial charge in [0, 0.05) is 0 Å². The van der Waals surface area contributed by atoms with Crippen molar-refractivity contribution in [2.45, 2.75) is 12.6 Å². The first-order chi connectivity index (χ1) is 10.1. The van der Waals surface area contributed by atoms with Gasteiger partial charge in [-0.2, -0.15) is 0 Å². The lowest BCUT2D eigenvalue weighted by Crippen LogP contribution is -2.32. The van der Waals surface area contributed by atoms with Crippen LogP contribution in [-0.2, 0) is 32.7 Å². The second kappa shape index (κ2) is 6.69. The van der Waals surface area contributed by atoms with Crippen molar-refractivity contribution in [2.24, 2.45) is 7.05 Å². The average molecular weight is 289 g/mol. The Labute approximate surface area is 122 Å². The van der Waals surface area contributed by atoms with Gasteiger partial charge in [-0.1, -0.05) is 30.3 Å². The van der Waals surface area contributed by atoms with Crippen LogP contribution in [0.5, 0.6) is 0 Å². The maximum absolute atomic E-state index is 12.2. The zero-order valence-corrected chi connectivity index (χ0v) is 11.9. The second-order valence-corrected chi connectivity index (χ2v) is 4.55. The normalized spacial score (nSPS) is 11.7. The Bertz CT molecular complexity index is 622. The number of esters is 2. The zero-order valence-electron chi connectivity index (χ0n) is 11.9. The molecule has 0 saturated heterocycles. The Morgan fingerprint density at radius 2 is 1.95 bits per heavy atom. The van der Waals surface area contributed by atoms with Crippen molar-refractivity contribution in [1.29, 1.82) is 0 Å². The summed E-state index contributed by atoms with van der Waals surface area (Å²) in [4.78, 5) is 24.0. The molecule has 0 unspecified atom stereocenters. The van der Waals surface area contributed by atoms with Crippen LogP contribution in [0.15, 0.2) is 49.1 Å². The molecule has 0 N–H and O–H groups in total. The highest BCUT2D eigenvalue weighted by molar-refractivity contribution is 5.97. The molecule has 1 atom stereocenters. The maximum atomic E-state index is 12.2. The second-order valence-electron chi connectivity index (χ2n) is 4.55. The summed E-state index contributed by atoms with van der Waals surface area (Å²) < 4.78 is 13.1. The van der Waals surface area contributed by atoms with Crippen LogP contribution in [0.1, 0.15) is 11.6 Å². The molecule has 0 fully saturated rings. The zero-order chi connectivity index (χ0) is 15.2. The van der Waals surface area contributed by atoms with Crippen LogP contribution < -0.4 is 4.57 Å². The average Bonchev–Trinajstić information content (AvgIpc) is 2.92. The molecule has 1 aromatic heterocycles. The lowest BCUT2D eigenvalue weighted by Gasteiger charge is -2.11. The predicted molar refractivity (Wildman–Crippen MR) is 72.9 cm³/mol. The van der Waals surface area contributed by atoms with Crippen LogP contribution in [0.25, 0.3) is 0 Å². The van der Waals surface area contributed by atoms with E-state index in [2.05, 4.69) is 4.74 Å². The van der Waals surface area contributed by atoms with E-state index in [0.29, 0.717) is 0 Å². The number of methoxy groups -OCH3 is 1. The van der Waals surface area contributed by atoms with Gasteiger partial charge in [-0.3, -0.25) is 0 Å². The number of imidazole rings is 1. The largest absolute Gasteiger partial charge is 0.465 e. The molecule has 110 valence electrons. The lowest BCUT2D eigenvalue weighted by molar-refractivity contribution is -0.671. The first kappa shape index (κ1) is 14.8. The molecule has 0 radical (unpaired) electrons. The fraction of sp³-hybridized carbons (Fsp3) is 0.267. The van der Waals surface area contributed by atoms with Crippen molar-refractivity contribution in [3.63, 3.8) is 0 Å². The third-order valence-electron chi connectivity index (χ3n) is 2.96. The van der Waals surface area contributed by atoms with Crippen molar-refractivity contribution >= 4 is 11.9 Å². The van der Waals surface area contributed by atoms with Gasteiger partial charge >= 0.3 is 11.9 Å². The van der Waals surface area contributed by atoms with E-state index in [-0.39, 0.29) is 6.61 Å². The molecule has 21 heavy (non-hydrogen) atoms. The quantitative estimate of drug-likeness (QED) is 0.463. The smallest absolute Gasteiger partial charge is 0.364 e. The molecule has 0 amide bonds. The minimum Gasteiger partial charge on any atom is -0.465 e. The number of hydrogen-bond acceptors (Lipinski definition) is 4. The summed E-state index contributed by atoms with van der Waals surface area (Å²) in [6, 6.07) is 8.13. The summed E-state index contributed by atoms with van der Waals surface area (Å²) in [6.07, 6.45) is 4.96.